The van der Waals surface area contributed by atoms with E-state index in [1.165, 1.54) is 22.5 Å². The SMILES string of the molecule is c1ccc([C@H]2SCc3cc4c(n32)COC4)cc1. The summed E-state index contributed by atoms with van der Waals surface area (Å²) in [4.78, 5) is 0. The van der Waals surface area contributed by atoms with E-state index in [0.717, 1.165) is 19.0 Å². The van der Waals surface area contributed by atoms with Crippen LogP contribution in [0.4, 0.5) is 0 Å². The Labute approximate surface area is 105 Å². The van der Waals surface area contributed by atoms with E-state index in [0.29, 0.717) is 5.37 Å². The van der Waals surface area contributed by atoms with E-state index in [1.807, 2.05) is 11.8 Å². The highest BCUT2D eigenvalue weighted by atomic mass is 32.2. The summed E-state index contributed by atoms with van der Waals surface area (Å²) >= 11 is 2.00. The zero-order chi connectivity index (χ0) is 11.2. The number of ether oxygens (including phenoxy) is 1. The van der Waals surface area contributed by atoms with Gasteiger partial charge in [0, 0.05) is 17.0 Å². The molecule has 0 fully saturated rings. The highest BCUT2D eigenvalue weighted by molar-refractivity contribution is 7.99. The van der Waals surface area contributed by atoms with E-state index in [9.17, 15) is 0 Å². The van der Waals surface area contributed by atoms with Gasteiger partial charge < -0.3 is 9.30 Å². The van der Waals surface area contributed by atoms with Crippen molar-refractivity contribution in [2.24, 2.45) is 0 Å². The highest BCUT2D eigenvalue weighted by Crippen LogP contribution is 2.44. The van der Waals surface area contributed by atoms with Gasteiger partial charge in [0.1, 0.15) is 5.37 Å². The number of hydrogen-bond donors (Lipinski definition) is 0. The van der Waals surface area contributed by atoms with Gasteiger partial charge >= 0.3 is 0 Å². The standard InChI is InChI=1S/C14H13NOS/c1-2-4-10(5-3-1)14-15-12(9-17-14)6-11-7-16-8-13(11)15/h1-6,14H,7-9H2/t14-/m1/s1. The summed E-state index contributed by atoms with van der Waals surface area (Å²) < 4.78 is 8.01. The summed E-state index contributed by atoms with van der Waals surface area (Å²) in [6.45, 7) is 1.57. The lowest BCUT2D eigenvalue weighted by molar-refractivity contribution is 0.130. The molecule has 3 heterocycles. The molecule has 0 N–H and O–H groups in total. The number of benzene rings is 1. The molecular weight excluding hydrogens is 230 g/mol. The van der Waals surface area contributed by atoms with Gasteiger partial charge in [-0.05, 0) is 11.6 Å². The predicted molar refractivity (Wildman–Crippen MR) is 68.8 cm³/mol. The summed E-state index contributed by atoms with van der Waals surface area (Å²) in [7, 11) is 0. The van der Waals surface area contributed by atoms with Crippen molar-refractivity contribution in [1.29, 1.82) is 0 Å². The van der Waals surface area contributed by atoms with Crippen LogP contribution < -0.4 is 0 Å². The van der Waals surface area contributed by atoms with Crippen LogP contribution in [0.3, 0.4) is 0 Å². The molecule has 1 aromatic heterocycles. The summed E-state index contributed by atoms with van der Waals surface area (Å²) in [6.07, 6.45) is 0. The van der Waals surface area contributed by atoms with Gasteiger partial charge in [0.05, 0.1) is 18.9 Å². The van der Waals surface area contributed by atoms with Gasteiger partial charge in [0.2, 0.25) is 0 Å². The van der Waals surface area contributed by atoms with E-state index < -0.39 is 0 Å². The molecule has 3 heteroatoms. The molecule has 0 radical (unpaired) electrons. The second-order valence-electron chi connectivity index (χ2n) is 4.54. The molecule has 2 aliphatic rings. The fourth-order valence-electron chi connectivity index (χ4n) is 2.73. The number of fused-ring (bicyclic) bond motifs is 3. The number of thioether (sulfide) groups is 1. The first-order valence-electron chi connectivity index (χ1n) is 5.89. The molecule has 0 saturated heterocycles. The lowest BCUT2D eigenvalue weighted by Gasteiger charge is -2.15. The molecule has 1 atom stereocenters. The smallest absolute Gasteiger partial charge is 0.105 e. The van der Waals surface area contributed by atoms with Gasteiger partial charge in [0.15, 0.2) is 0 Å². The number of nitrogens with zero attached hydrogens (tertiary/aromatic N) is 1. The molecule has 86 valence electrons. The highest BCUT2D eigenvalue weighted by Gasteiger charge is 2.30. The molecule has 4 rings (SSSR count). The van der Waals surface area contributed by atoms with E-state index in [2.05, 4.69) is 41.0 Å². The third-order valence-corrected chi connectivity index (χ3v) is 4.78. The van der Waals surface area contributed by atoms with Crippen LogP contribution in [0.25, 0.3) is 0 Å². The topological polar surface area (TPSA) is 14.2 Å². The van der Waals surface area contributed by atoms with Crippen LogP contribution in [-0.2, 0) is 23.7 Å². The van der Waals surface area contributed by atoms with Crippen molar-refractivity contribution in [2.45, 2.75) is 24.3 Å². The molecule has 0 spiro atoms. The first-order chi connectivity index (χ1) is 8.43. The maximum Gasteiger partial charge on any atom is 0.105 e. The maximum absolute atomic E-state index is 5.53. The van der Waals surface area contributed by atoms with Crippen molar-refractivity contribution < 1.29 is 4.74 Å². The number of rotatable bonds is 1. The minimum absolute atomic E-state index is 0.441. The minimum Gasteiger partial charge on any atom is -0.370 e. The molecular formula is C14H13NOS. The molecule has 0 unspecified atom stereocenters. The summed E-state index contributed by atoms with van der Waals surface area (Å²) in [5.41, 5.74) is 5.62. The molecule has 0 amide bonds. The van der Waals surface area contributed by atoms with Gasteiger partial charge in [-0.25, -0.2) is 0 Å². The van der Waals surface area contributed by atoms with Crippen molar-refractivity contribution in [1.82, 2.24) is 4.57 Å². The molecule has 0 aliphatic carbocycles. The Kier molecular flexibility index (Phi) is 2.11. The Balaban J connectivity index is 1.84. The largest absolute Gasteiger partial charge is 0.370 e. The lowest BCUT2D eigenvalue weighted by atomic mass is 10.2. The van der Waals surface area contributed by atoms with Crippen LogP contribution in [0, 0.1) is 0 Å². The fourth-order valence-corrected chi connectivity index (χ4v) is 4.04. The summed E-state index contributed by atoms with van der Waals surface area (Å²) in [6, 6.07) is 13.1. The zero-order valence-electron chi connectivity index (χ0n) is 9.43. The second-order valence-corrected chi connectivity index (χ2v) is 5.61. The number of aromatic nitrogens is 1. The Morgan fingerprint density at radius 3 is 2.94 bits per heavy atom. The van der Waals surface area contributed by atoms with Crippen molar-refractivity contribution in [3.05, 3.63) is 58.9 Å². The van der Waals surface area contributed by atoms with Crippen molar-refractivity contribution in [3.8, 4) is 0 Å². The van der Waals surface area contributed by atoms with Crippen LogP contribution in [0.5, 0.6) is 0 Å². The van der Waals surface area contributed by atoms with Crippen LogP contribution in [0.2, 0.25) is 0 Å². The fraction of sp³-hybridized carbons (Fsp3) is 0.286. The predicted octanol–water partition coefficient (Wildman–Crippen LogP) is 3.31. The normalized spacial score (nSPS) is 21.5. The molecule has 2 aliphatic heterocycles. The zero-order valence-corrected chi connectivity index (χ0v) is 10.2. The molecule has 1 aromatic carbocycles. The van der Waals surface area contributed by atoms with Gasteiger partial charge in [-0.1, -0.05) is 30.3 Å². The van der Waals surface area contributed by atoms with Gasteiger partial charge in [-0.15, -0.1) is 11.8 Å². The molecule has 0 saturated carbocycles. The van der Waals surface area contributed by atoms with E-state index in [1.54, 1.807) is 0 Å². The minimum atomic E-state index is 0.441. The monoisotopic (exact) mass is 243 g/mol. The lowest BCUT2D eigenvalue weighted by Crippen LogP contribution is -2.06. The average Bonchev–Trinajstić information content (AvgIpc) is 3.00. The first-order valence-corrected chi connectivity index (χ1v) is 6.94. The molecule has 0 bridgehead atoms. The van der Waals surface area contributed by atoms with Crippen LogP contribution in [-0.4, -0.2) is 4.57 Å². The molecule has 2 aromatic rings. The molecule has 17 heavy (non-hydrogen) atoms. The van der Waals surface area contributed by atoms with Crippen molar-refractivity contribution in [2.75, 3.05) is 0 Å². The van der Waals surface area contributed by atoms with Gasteiger partial charge in [-0.3, -0.25) is 0 Å². The van der Waals surface area contributed by atoms with Gasteiger partial charge in [-0.2, -0.15) is 0 Å². The maximum atomic E-state index is 5.53. The van der Waals surface area contributed by atoms with Crippen molar-refractivity contribution in [3.63, 3.8) is 0 Å². The van der Waals surface area contributed by atoms with E-state index >= 15 is 0 Å². The van der Waals surface area contributed by atoms with Gasteiger partial charge in [0.25, 0.3) is 0 Å². The second kappa shape index (κ2) is 3.65. The Morgan fingerprint density at radius 1 is 1.18 bits per heavy atom. The Hall–Kier alpha value is -1.19. The summed E-state index contributed by atoms with van der Waals surface area (Å²) in [5, 5.41) is 0.441. The quantitative estimate of drug-likeness (QED) is 0.763. The van der Waals surface area contributed by atoms with Crippen LogP contribution in [0.1, 0.15) is 27.9 Å². The average molecular weight is 243 g/mol. The Bertz CT molecular complexity index is 561. The van der Waals surface area contributed by atoms with E-state index in [4.69, 9.17) is 4.74 Å². The van der Waals surface area contributed by atoms with E-state index in [-0.39, 0.29) is 0 Å². The molecule has 2 nitrogen and oxygen atoms in total. The Morgan fingerprint density at radius 2 is 2.06 bits per heavy atom. The third-order valence-electron chi connectivity index (χ3n) is 3.52. The van der Waals surface area contributed by atoms with Crippen molar-refractivity contribution >= 4 is 11.8 Å². The number of hydrogen-bond acceptors (Lipinski definition) is 2. The summed E-state index contributed by atoms with van der Waals surface area (Å²) in [5.74, 6) is 1.12. The van der Waals surface area contributed by atoms with Crippen LogP contribution in [0.15, 0.2) is 36.4 Å². The van der Waals surface area contributed by atoms with Crippen LogP contribution >= 0.6 is 11.8 Å². The third kappa shape index (κ3) is 1.39. The first kappa shape index (κ1) is 9.80.